The van der Waals surface area contributed by atoms with E-state index in [2.05, 4.69) is 42.5 Å². The molecule has 2 N–H and O–H groups in total. The number of fused-ring (bicyclic) bond motifs is 1. The van der Waals surface area contributed by atoms with Crippen molar-refractivity contribution in [2.75, 3.05) is 17.2 Å². The summed E-state index contributed by atoms with van der Waals surface area (Å²) in [5, 5.41) is 6.25. The number of carbonyl (C=O) groups excluding carboxylic acids is 1. The third kappa shape index (κ3) is 2.47. The largest absolute Gasteiger partial charge is 0.384 e. The van der Waals surface area contributed by atoms with Gasteiger partial charge in [0.25, 0.3) is 0 Å². The van der Waals surface area contributed by atoms with Crippen molar-refractivity contribution < 1.29 is 4.79 Å². The fraction of sp³-hybridized carbons (Fsp3) is 0.133. The van der Waals surface area contributed by atoms with E-state index >= 15 is 0 Å². The summed E-state index contributed by atoms with van der Waals surface area (Å²) in [5.74, 6) is -0.166. The van der Waals surface area contributed by atoms with Gasteiger partial charge in [0, 0.05) is 21.2 Å². The molecule has 0 spiro atoms. The zero-order chi connectivity index (χ0) is 14.1. The Bertz CT molecular complexity index is 652. The second kappa shape index (κ2) is 5.58. The Kier molecular flexibility index (Phi) is 3.81. The van der Waals surface area contributed by atoms with E-state index in [1.807, 2.05) is 42.5 Å². The van der Waals surface area contributed by atoms with Gasteiger partial charge in [-0.05, 0) is 55.6 Å². The van der Waals surface area contributed by atoms with Crippen LogP contribution >= 0.6 is 31.9 Å². The summed E-state index contributed by atoms with van der Waals surface area (Å²) < 4.78 is 1.72. The predicted octanol–water partition coefficient (Wildman–Crippen LogP) is 4.36. The lowest BCUT2D eigenvalue weighted by atomic mass is 10.0. The fourth-order valence-electron chi connectivity index (χ4n) is 2.35. The number of halogens is 2. The molecule has 0 bridgehead atoms. The first-order valence-electron chi connectivity index (χ1n) is 6.24. The summed E-state index contributed by atoms with van der Waals surface area (Å²) in [6.45, 7) is 0.632. The van der Waals surface area contributed by atoms with E-state index < -0.39 is 0 Å². The van der Waals surface area contributed by atoms with Gasteiger partial charge in [-0.3, -0.25) is 4.79 Å². The van der Waals surface area contributed by atoms with Crippen molar-refractivity contribution in [2.24, 2.45) is 0 Å². The number of anilines is 2. The van der Waals surface area contributed by atoms with Crippen molar-refractivity contribution in [3.05, 3.63) is 57.0 Å². The van der Waals surface area contributed by atoms with Crippen LogP contribution in [0.25, 0.3) is 0 Å². The summed E-state index contributed by atoms with van der Waals surface area (Å²) in [4.78, 5) is 12.5. The Labute approximate surface area is 134 Å². The highest BCUT2D eigenvalue weighted by Gasteiger charge is 2.28. The number of benzene rings is 2. The molecule has 1 unspecified atom stereocenters. The van der Waals surface area contributed by atoms with Crippen LogP contribution in [0.1, 0.15) is 11.5 Å². The minimum atomic E-state index is -0.162. The van der Waals surface area contributed by atoms with Crippen molar-refractivity contribution in [3.8, 4) is 0 Å². The van der Waals surface area contributed by atoms with Crippen LogP contribution < -0.4 is 10.6 Å². The van der Waals surface area contributed by atoms with Crippen LogP contribution in [0, 0.1) is 0 Å². The van der Waals surface area contributed by atoms with Crippen LogP contribution in [0.5, 0.6) is 0 Å². The van der Waals surface area contributed by atoms with E-state index in [1.54, 1.807) is 0 Å². The van der Waals surface area contributed by atoms with Crippen molar-refractivity contribution >= 4 is 49.1 Å². The number of hydrogen-bond donors (Lipinski definition) is 2. The molecule has 2 aromatic rings. The Morgan fingerprint density at radius 3 is 2.55 bits per heavy atom. The van der Waals surface area contributed by atoms with Crippen molar-refractivity contribution in [2.45, 2.75) is 5.92 Å². The fourth-order valence-corrected chi connectivity index (χ4v) is 3.54. The maximum atomic E-state index is 12.5. The van der Waals surface area contributed by atoms with Gasteiger partial charge in [0.2, 0.25) is 5.91 Å². The van der Waals surface area contributed by atoms with Crippen LogP contribution in [0.2, 0.25) is 0 Å². The highest BCUT2D eigenvalue weighted by atomic mass is 79.9. The van der Waals surface area contributed by atoms with E-state index in [0.29, 0.717) is 6.54 Å². The van der Waals surface area contributed by atoms with Gasteiger partial charge in [-0.1, -0.05) is 24.3 Å². The lowest BCUT2D eigenvalue weighted by molar-refractivity contribution is -0.117. The molecule has 1 aliphatic heterocycles. The third-order valence-corrected chi connectivity index (χ3v) is 4.68. The van der Waals surface area contributed by atoms with E-state index in [9.17, 15) is 4.79 Å². The first-order valence-corrected chi connectivity index (χ1v) is 7.83. The first-order chi connectivity index (χ1) is 9.66. The van der Waals surface area contributed by atoms with Gasteiger partial charge in [-0.25, -0.2) is 0 Å². The molecule has 102 valence electrons. The van der Waals surface area contributed by atoms with Gasteiger partial charge in [-0.2, -0.15) is 0 Å². The number of amides is 1. The topological polar surface area (TPSA) is 41.1 Å². The summed E-state index contributed by atoms with van der Waals surface area (Å²) in [7, 11) is 0. The number of hydrogen-bond acceptors (Lipinski definition) is 2. The molecule has 3 nitrogen and oxygen atoms in total. The Balaban J connectivity index is 1.85. The second-order valence-corrected chi connectivity index (χ2v) is 6.32. The van der Waals surface area contributed by atoms with Gasteiger partial charge in [0.1, 0.15) is 0 Å². The van der Waals surface area contributed by atoms with Crippen molar-refractivity contribution in [1.29, 1.82) is 0 Å². The average Bonchev–Trinajstić information content (AvgIpc) is 2.87. The average molecular weight is 396 g/mol. The molecule has 0 radical (unpaired) electrons. The molecule has 0 fully saturated rings. The molecule has 3 rings (SSSR count). The summed E-state index contributed by atoms with van der Waals surface area (Å²) in [6.07, 6.45) is 0. The minimum absolute atomic E-state index is 0.00458. The Hall–Kier alpha value is -1.33. The van der Waals surface area contributed by atoms with Crippen molar-refractivity contribution in [3.63, 3.8) is 0 Å². The number of para-hydroxylation sites is 2. The molecule has 0 saturated heterocycles. The highest BCUT2D eigenvalue weighted by molar-refractivity contribution is 9.11. The maximum absolute atomic E-state index is 12.5. The van der Waals surface area contributed by atoms with Crippen LogP contribution in [0.3, 0.4) is 0 Å². The van der Waals surface area contributed by atoms with E-state index in [-0.39, 0.29) is 11.8 Å². The van der Waals surface area contributed by atoms with Gasteiger partial charge < -0.3 is 10.6 Å². The van der Waals surface area contributed by atoms with Gasteiger partial charge in [0.05, 0.1) is 11.6 Å². The quantitative estimate of drug-likeness (QED) is 0.793. The molecular formula is C15H12Br2N2O. The van der Waals surface area contributed by atoms with Gasteiger partial charge >= 0.3 is 0 Å². The SMILES string of the molecule is O=C(Nc1c(Br)cccc1Br)C1CNc2ccccc21. The highest BCUT2D eigenvalue weighted by Crippen LogP contribution is 2.35. The molecule has 1 atom stereocenters. The first kappa shape index (κ1) is 13.6. The zero-order valence-electron chi connectivity index (χ0n) is 10.5. The van der Waals surface area contributed by atoms with Crippen LogP contribution in [0.4, 0.5) is 11.4 Å². The van der Waals surface area contributed by atoms with E-state index in [4.69, 9.17) is 0 Å². The molecule has 2 aromatic carbocycles. The Morgan fingerprint density at radius 1 is 1.10 bits per heavy atom. The van der Waals surface area contributed by atoms with E-state index in [1.165, 1.54) is 0 Å². The molecule has 20 heavy (non-hydrogen) atoms. The molecule has 0 saturated carbocycles. The number of carbonyl (C=O) groups is 1. The van der Waals surface area contributed by atoms with Crippen molar-refractivity contribution in [1.82, 2.24) is 0 Å². The van der Waals surface area contributed by atoms with E-state index in [0.717, 1.165) is 25.9 Å². The molecule has 1 heterocycles. The number of rotatable bonds is 2. The smallest absolute Gasteiger partial charge is 0.233 e. The lowest BCUT2D eigenvalue weighted by Crippen LogP contribution is -2.22. The summed E-state index contributed by atoms with van der Waals surface area (Å²) in [6, 6.07) is 13.6. The van der Waals surface area contributed by atoms with Crippen LogP contribution in [-0.2, 0) is 4.79 Å². The lowest BCUT2D eigenvalue weighted by Gasteiger charge is -2.13. The monoisotopic (exact) mass is 394 g/mol. The molecule has 0 aliphatic carbocycles. The standard InChI is InChI=1S/C15H12Br2N2O/c16-11-5-3-6-12(17)14(11)19-15(20)10-8-18-13-7-2-1-4-9(10)13/h1-7,10,18H,8H2,(H,19,20). The predicted molar refractivity (Wildman–Crippen MR) is 88.1 cm³/mol. The normalized spacial score (nSPS) is 16.4. The Morgan fingerprint density at radius 2 is 1.80 bits per heavy atom. The third-order valence-electron chi connectivity index (χ3n) is 3.36. The molecule has 1 aliphatic rings. The molecule has 5 heteroatoms. The zero-order valence-corrected chi connectivity index (χ0v) is 13.7. The molecular weight excluding hydrogens is 384 g/mol. The molecule has 0 aromatic heterocycles. The van der Waals surface area contributed by atoms with Crippen LogP contribution in [-0.4, -0.2) is 12.5 Å². The maximum Gasteiger partial charge on any atom is 0.233 e. The molecule has 1 amide bonds. The van der Waals surface area contributed by atoms with Crippen LogP contribution in [0.15, 0.2) is 51.4 Å². The van der Waals surface area contributed by atoms with Gasteiger partial charge in [-0.15, -0.1) is 0 Å². The second-order valence-electron chi connectivity index (χ2n) is 4.61. The minimum Gasteiger partial charge on any atom is -0.384 e. The summed E-state index contributed by atoms with van der Waals surface area (Å²) in [5.41, 5.74) is 2.86. The van der Waals surface area contributed by atoms with Gasteiger partial charge in [0.15, 0.2) is 0 Å². The number of nitrogens with one attached hydrogen (secondary N) is 2. The summed E-state index contributed by atoms with van der Waals surface area (Å²) >= 11 is 6.91.